The average Bonchev–Trinajstić information content (AvgIpc) is 2.66. The van der Waals surface area contributed by atoms with Gasteiger partial charge >= 0.3 is 0 Å². The summed E-state index contributed by atoms with van der Waals surface area (Å²) in [5.74, 6) is 8.03. The van der Waals surface area contributed by atoms with Crippen molar-refractivity contribution in [2.24, 2.45) is 0 Å². The maximum atomic E-state index is 6.05. The standard InChI is InChI=1S/C13H17BrN4O/c1-7(2)13-17-11(12(15)18(13)16)9-6-8(14)4-5-10(9)19-3/h4-7H,15-16H2,1-3H3. The van der Waals surface area contributed by atoms with Crippen molar-refractivity contribution < 1.29 is 4.74 Å². The van der Waals surface area contributed by atoms with E-state index in [2.05, 4.69) is 20.9 Å². The van der Waals surface area contributed by atoms with Crippen LogP contribution < -0.4 is 16.3 Å². The smallest absolute Gasteiger partial charge is 0.150 e. The lowest BCUT2D eigenvalue weighted by atomic mass is 10.1. The zero-order valence-electron chi connectivity index (χ0n) is 11.1. The fourth-order valence-electron chi connectivity index (χ4n) is 1.93. The van der Waals surface area contributed by atoms with Gasteiger partial charge in [-0.25, -0.2) is 9.66 Å². The lowest BCUT2D eigenvalue weighted by Gasteiger charge is -2.07. The molecule has 0 aliphatic rings. The number of benzene rings is 1. The third-order valence-electron chi connectivity index (χ3n) is 2.91. The molecule has 0 aliphatic heterocycles. The number of rotatable bonds is 3. The number of anilines is 1. The summed E-state index contributed by atoms with van der Waals surface area (Å²) in [6.45, 7) is 4.04. The molecule has 0 saturated heterocycles. The molecule has 0 amide bonds. The molecule has 0 fully saturated rings. The van der Waals surface area contributed by atoms with Crippen LogP contribution in [0.3, 0.4) is 0 Å². The Hall–Kier alpha value is -1.69. The summed E-state index contributed by atoms with van der Waals surface area (Å²) in [4.78, 5) is 4.54. The number of nitrogens with zero attached hydrogens (tertiary/aromatic N) is 2. The highest BCUT2D eigenvalue weighted by atomic mass is 79.9. The molecule has 1 aromatic carbocycles. The monoisotopic (exact) mass is 324 g/mol. The van der Waals surface area contributed by atoms with Crippen molar-refractivity contribution in [3.63, 3.8) is 0 Å². The van der Waals surface area contributed by atoms with Crippen LogP contribution >= 0.6 is 15.9 Å². The van der Waals surface area contributed by atoms with Gasteiger partial charge in [0, 0.05) is 16.0 Å². The van der Waals surface area contributed by atoms with Crippen molar-refractivity contribution in [3.8, 4) is 17.0 Å². The Morgan fingerprint density at radius 1 is 1.37 bits per heavy atom. The number of hydrogen-bond donors (Lipinski definition) is 2. The zero-order chi connectivity index (χ0) is 14.2. The van der Waals surface area contributed by atoms with Crippen molar-refractivity contribution in [1.82, 2.24) is 9.66 Å². The van der Waals surface area contributed by atoms with E-state index in [0.717, 1.165) is 15.9 Å². The third kappa shape index (κ3) is 2.40. The van der Waals surface area contributed by atoms with Gasteiger partial charge in [0.15, 0.2) is 5.82 Å². The number of imidazole rings is 1. The molecule has 4 N–H and O–H groups in total. The van der Waals surface area contributed by atoms with Gasteiger partial charge in [0.1, 0.15) is 17.3 Å². The van der Waals surface area contributed by atoms with Gasteiger partial charge < -0.3 is 16.3 Å². The number of nitrogens with two attached hydrogens (primary N) is 2. The quantitative estimate of drug-likeness (QED) is 0.851. The number of hydrogen-bond acceptors (Lipinski definition) is 4. The Kier molecular flexibility index (Phi) is 3.71. The summed E-state index contributed by atoms with van der Waals surface area (Å²) in [6, 6.07) is 5.69. The molecular weight excluding hydrogens is 308 g/mol. The molecule has 0 radical (unpaired) electrons. The predicted molar refractivity (Wildman–Crippen MR) is 80.6 cm³/mol. The normalized spacial score (nSPS) is 11.0. The molecule has 19 heavy (non-hydrogen) atoms. The summed E-state index contributed by atoms with van der Waals surface area (Å²) < 4.78 is 7.71. The first-order chi connectivity index (χ1) is 8.95. The van der Waals surface area contributed by atoms with Gasteiger partial charge in [-0.3, -0.25) is 0 Å². The Labute approximate surface area is 120 Å². The van der Waals surface area contributed by atoms with Crippen LogP contribution in [0.5, 0.6) is 5.75 Å². The summed E-state index contributed by atoms with van der Waals surface area (Å²) in [5.41, 5.74) is 7.51. The maximum absolute atomic E-state index is 6.05. The highest BCUT2D eigenvalue weighted by Crippen LogP contribution is 2.36. The van der Waals surface area contributed by atoms with Gasteiger partial charge in [0.2, 0.25) is 0 Å². The van der Waals surface area contributed by atoms with E-state index in [1.165, 1.54) is 4.68 Å². The van der Waals surface area contributed by atoms with Crippen LogP contribution in [0, 0.1) is 0 Å². The molecule has 6 heteroatoms. The van der Waals surface area contributed by atoms with Gasteiger partial charge in [-0.1, -0.05) is 29.8 Å². The fourth-order valence-corrected chi connectivity index (χ4v) is 2.30. The van der Waals surface area contributed by atoms with E-state index in [9.17, 15) is 0 Å². The fraction of sp³-hybridized carbons (Fsp3) is 0.308. The molecule has 102 valence electrons. The molecule has 0 unspecified atom stereocenters. The highest BCUT2D eigenvalue weighted by Gasteiger charge is 2.19. The Balaban J connectivity index is 2.65. The van der Waals surface area contributed by atoms with E-state index in [0.29, 0.717) is 17.3 Å². The van der Waals surface area contributed by atoms with E-state index in [1.807, 2.05) is 32.0 Å². The van der Waals surface area contributed by atoms with Crippen molar-refractivity contribution in [2.45, 2.75) is 19.8 Å². The second kappa shape index (κ2) is 5.13. The summed E-state index contributed by atoms with van der Waals surface area (Å²) in [7, 11) is 1.62. The molecule has 0 saturated carbocycles. The van der Waals surface area contributed by atoms with Crippen molar-refractivity contribution in [2.75, 3.05) is 18.7 Å². The first-order valence-corrected chi connectivity index (χ1v) is 6.72. The van der Waals surface area contributed by atoms with E-state index < -0.39 is 0 Å². The van der Waals surface area contributed by atoms with Crippen LogP contribution in [-0.2, 0) is 0 Å². The molecule has 2 aromatic rings. The maximum Gasteiger partial charge on any atom is 0.150 e. The van der Waals surface area contributed by atoms with E-state index >= 15 is 0 Å². The molecule has 2 rings (SSSR count). The number of aromatic nitrogens is 2. The number of ether oxygens (including phenoxy) is 1. The van der Waals surface area contributed by atoms with Crippen LogP contribution in [0.1, 0.15) is 25.6 Å². The second-order valence-electron chi connectivity index (χ2n) is 4.57. The largest absolute Gasteiger partial charge is 0.496 e. The van der Waals surface area contributed by atoms with Gasteiger partial charge in [0.25, 0.3) is 0 Å². The van der Waals surface area contributed by atoms with Crippen LogP contribution in [0.4, 0.5) is 5.82 Å². The first-order valence-electron chi connectivity index (χ1n) is 5.92. The topological polar surface area (TPSA) is 79.1 Å². The molecule has 0 spiro atoms. The van der Waals surface area contributed by atoms with E-state index in [4.69, 9.17) is 16.3 Å². The Morgan fingerprint density at radius 3 is 2.58 bits per heavy atom. The molecule has 5 nitrogen and oxygen atoms in total. The van der Waals surface area contributed by atoms with Gasteiger partial charge in [-0.2, -0.15) is 0 Å². The van der Waals surface area contributed by atoms with Crippen LogP contribution in [0.25, 0.3) is 11.3 Å². The van der Waals surface area contributed by atoms with Crippen LogP contribution in [0.2, 0.25) is 0 Å². The molecule has 0 aliphatic carbocycles. The van der Waals surface area contributed by atoms with Gasteiger partial charge in [-0.15, -0.1) is 0 Å². The zero-order valence-corrected chi connectivity index (χ0v) is 12.7. The van der Waals surface area contributed by atoms with E-state index in [1.54, 1.807) is 7.11 Å². The number of halogens is 1. The molecular formula is C13H17BrN4O. The number of methoxy groups -OCH3 is 1. The molecule has 0 atom stereocenters. The molecule has 0 bridgehead atoms. The molecule has 1 heterocycles. The first kappa shape index (κ1) is 13.7. The van der Waals surface area contributed by atoms with Gasteiger partial charge in [-0.05, 0) is 18.2 Å². The summed E-state index contributed by atoms with van der Waals surface area (Å²) in [6.07, 6.45) is 0. The average molecular weight is 325 g/mol. The minimum atomic E-state index is 0.194. The van der Waals surface area contributed by atoms with Crippen LogP contribution in [-0.4, -0.2) is 16.8 Å². The van der Waals surface area contributed by atoms with Crippen LogP contribution in [0.15, 0.2) is 22.7 Å². The number of nitrogen functional groups attached to an aromatic ring is 2. The summed E-state index contributed by atoms with van der Waals surface area (Å²) in [5, 5.41) is 0. The third-order valence-corrected chi connectivity index (χ3v) is 3.40. The molecule has 1 aromatic heterocycles. The Morgan fingerprint density at radius 2 is 2.05 bits per heavy atom. The Bertz CT molecular complexity index is 607. The minimum Gasteiger partial charge on any atom is -0.496 e. The second-order valence-corrected chi connectivity index (χ2v) is 5.49. The van der Waals surface area contributed by atoms with Crippen molar-refractivity contribution in [1.29, 1.82) is 0 Å². The van der Waals surface area contributed by atoms with Crippen molar-refractivity contribution >= 4 is 21.7 Å². The van der Waals surface area contributed by atoms with E-state index in [-0.39, 0.29) is 5.92 Å². The van der Waals surface area contributed by atoms with Crippen molar-refractivity contribution in [3.05, 3.63) is 28.5 Å². The SMILES string of the molecule is COc1ccc(Br)cc1-c1nc(C(C)C)n(N)c1N. The highest BCUT2D eigenvalue weighted by molar-refractivity contribution is 9.10. The van der Waals surface area contributed by atoms with Gasteiger partial charge in [0.05, 0.1) is 7.11 Å². The summed E-state index contributed by atoms with van der Waals surface area (Å²) >= 11 is 3.44. The minimum absolute atomic E-state index is 0.194. The lowest BCUT2D eigenvalue weighted by Crippen LogP contribution is -2.16. The predicted octanol–water partition coefficient (Wildman–Crippen LogP) is 2.74. The lowest BCUT2D eigenvalue weighted by molar-refractivity contribution is 0.416.